The van der Waals surface area contributed by atoms with E-state index in [2.05, 4.69) is 10.3 Å². The van der Waals surface area contributed by atoms with Gasteiger partial charge in [0, 0.05) is 16.3 Å². The molecule has 0 bridgehead atoms. The van der Waals surface area contributed by atoms with E-state index >= 15 is 0 Å². The van der Waals surface area contributed by atoms with Gasteiger partial charge in [0.1, 0.15) is 0 Å². The van der Waals surface area contributed by atoms with Gasteiger partial charge >= 0.3 is 0 Å². The molecule has 0 radical (unpaired) electrons. The highest BCUT2D eigenvalue weighted by Gasteiger charge is 2.16. The first kappa shape index (κ1) is 15.0. The van der Waals surface area contributed by atoms with Crippen molar-refractivity contribution in [3.05, 3.63) is 51.0 Å². The molecule has 0 saturated carbocycles. The number of alkyl halides is 1. The number of rotatable bonds is 4. The van der Waals surface area contributed by atoms with Gasteiger partial charge in [-0.25, -0.2) is 4.98 Å². The van der Waals surface area contributed by atoms with Crippen molar-refractivity contribution in [3.8, 4) is 0 Å². The molecule has 0 spiro atoms. The summed E-state index contributed by atoms with van der Waals surface area (Å²) < 4.78 is 0. The van der Waals surface area contributed by atoms with Crippen LogP contribution in [0.4, 0.5) is 0 Å². The first-order valence-electron chi connectivity index (χ1n) is 6.41. The molecule has 20 heavy (non-hydrogen) atoms. The zero-order chi connectivity index (χ0) is 14.7. The molecule has 0 saturated heterocycles. The van der Waals surface area contributed by atoms with Crippen LogP contribution in [-0.2, 0) is 5.88 Å². The van der Waals surface area contributed by atoms with Crippen molar-refractivity contribution in [2.24, 2.45) is 0 Å². The Morgan fingerprint density at radius 1 is 1.45 bits per heavy atom. The highest BCUT2D eigenvalue weighted by atomic mass is 35.5. The van der Waals surface area contributed by atoms with Crippen LogP contribution in [0.5, 0.6) is 0 Å². The number of amides is 1. The van der Waals surface area contributed by atoms with Gasteiger partial charge in [0.25, 0.3) is 5.91 Å². The summed E-state index contributed by atoms with van der Waals surface area (Å²) >= 11 is 7.41. The Hall–Kier alpha value is -1.39. The van der Waals surface area contributed by atoms with Gasteiger partial charge in [0.15, 0.2) is 0 Å². The minimum Gasteiger partial charge on any atom is -0.345 e. The Morgan fingerprint density at radius 3 is 2.80 bits per heavy atom. The average molecular weight is 309 g/mol. The molecule has 0 aliphatic heterocycles. The summed E-state index contributed by atoms with van der Waals surface area (Å²) in [5, 5.41) is 4.02. The van der Waals surface area contributed by atoms with E-state index in [9.17, 15) is 4.79 Å². The molecule has 2 aromatic rings. The van der Waals surface area contributed by atoms with Gasteiger partial charge in [-0.1, -0.05) is 12.1 Å². The Morgan fingerprint density at radius 2 is 2.20 bits per heavy atom. The van der Waals surface area contributed by atoms with Gasteiger partial charge in [0.2, 0.25) is 0 Å². The number of aryl methyl sites for hydroxylation is 2. The number of carbonyl (C=O) groups excluding carboxylic acids is 1. The lowest BCUT2D eigenvalue weighted by molar-refractivity contribution is 0.0940. The molecule has 2 rings (SSSR count). The first-order chi connectivity index (χ1) is 9.51. The Balaban J connectivity index is 2.12. The van der Waals surface area contributed by atoms with Crippen LogP contribution in [-0.4, -0.2) is 10.9 Å². The summed E-state index contributed by atoms with van der Waals surface area (Å²) in [6.07, 6.45) is 0. The van der Waals surface area contributed by atoms with Crippen molar-refractivity contribution in [1.29, 1.82) is 0 Å². The van der Waals surface area contributed by atoms with Gasteiger partial charge in [-0.15, -0.1) is 22.9 Å². The Kier molecular flexibility index (Phi) is 4.78. The predicted molar refractivity (Wildman–Crippen MR) is 83.5 cm³/mol. The second-order valence-corrected chi connectivity index (χ2v) is 6.21. The molecule has 1 N–H and O–H groups in total. The summed E-state index contributed by atoms with van der Waals surface area (Å²) in [6.45, 7) is 5.92. The summed E-state index contributed by atoms with van der Waals surface area (Å²) in [4.78, 5) is 17.7. The van der Waals surface area contributed by atoms with E-state index in [1.165, 1.54) is 0 Å². The maximum atomic E-state index is 12.2. The molecule has 1 aromatic heterocycles. The molecule has 0 aliphatic carbocycles. The standard InChI is InChI=1S/C15H17ClN2OS/c1-9-14(20-11(3)17-9)10(2)18-15(19)13-6-4-5-12(7-13)8-16/h4-7,10H,8H2,1-3H3,(H,18,19). The summed E-state index contributed by atoms with van der Waals surface area (Å²) in [7, 11) is 0. The van der Waals surface area contributed by atoms with Crippen molar-refractivity contribution < 1.29 is 4.79 Å². The van der Waals surface area contributed by atoms with Crippen molar-refractivity contribution in [1.82, 2.24) is 10.3 Å². The van der Waals surface area contributed by atoms with E-state index in [4.69, 9.17) is 11.6 Å². The zero-order valence-corrected chi connectivity index (χ0v) is 13.3. The number of halogens is 1. The highest BCUT2D eigenvalue weighted by molar-refractivity contribution is 7.11. The first-order valence-corrected chi connectivity index (χ1v) is 7.76. The molecular weight excluding hydrogens is 292 g/mol. The van der Waals surface area contributed by atoms with Crippen LogP contribution in [0.15, 0.2) is 24.3 Å². The van der Waals surface area contributed by atoms with Gasteiger partial charge in [-0.05, 0) is 38.5 Å². The normalized spacial score (nSPS) is 12.2. The second-order valence-electron chi connectivity index (χ2n) is 4.71. The molecule has 1 aromatic carbocycles. The largest absolute Gasteiger partial charge is 0.345 e. The Labute approximate surface area is 128 Å². The van der Waals surface area contributed by atoms with Gasteiger partial charge in [-0.2, -0.15) is 0 Å². The van der Waals surface area contributed by atoms with Crippen LogP contribution in [0.25, 0.3) is 0 Å². The number of nitrogens with zero attached hydrogens (tertiary/aromatic N) is 1. The van der Waals surface area contributed by atoms with Crippen LogP contribution in [0.1, 0.15) is 44.5 Å². The molecule has 1 atom stereocenters. The molecule has 1 heterocycles. The maximum absolute atomic E-state index is 12.2. The van der Waals surface area contributed by atoms with Crippen molar-refractivity contribution in [2.75, 3.05) is 0 Å². The SMILES string of the molecule is Cc1nc(C)c(C(C)NC(=O)c2cccc(CCl)c2)s1. The third-order valence-electron chi connectivity index (χ3n) is 3.02. The lowest BCUT2D eigenvalue weighted by Gasteiger charge is -2.13. The van der Waals surface area contributed by atoms with Crippen molar-refractivity contribution in [2.45, 2.75) is 32.7 Å². The number of benzene rings is 1. The minimum atomic E-state index is -0.0880. The third-order valence-corrected chi connectivity index (χ3v) is 4.59. The van der Waals surface area contributed by atoms with Crippen LogP contribution in [0, 0.1) is 13.8 Å². The van der Waals surface area contributed by atoms with Gasteiger partial charge in [0.05, 0.1) is 16.7 Å². The van der Waals surface area contributed by atoms with Crippen molar-refractivity contribution >= 4 is 28.8 Å². The molecular formula is C15H17ClN2OS. The number of thiazole rings is 1. The average Bonchev–Trinajstić information content (AvgIpc) is 2.77. The topological polar surface area (TPSA) is 42.0 Å². The predicted octanol–water partition coefficient (Wildman–Crippen LogP) is 3.99. The zero-order valence-electron chi connectivity index (χ0n) is 11.7. The van der Waals surface area contributed by atoms with E-state index in [1.807, 2.05) is 39.0 Å². The van der Waals surface area contributed by atoms with E-state index in [0.29, 0.717) is 11.4 Å². The molecule has 3 nitrogen and oxygen atoms in total. The lowest BCUT2D eigenvalue weighted by atomic mass is 10.1. The Bertz CT molecular complexity index is 624. The van der Waals surface area contributed by atoms with Crippen molar-refractivity contribution in [3.63, 3.8) is 0 Å². The summed E-state index contributed by atoms with van der Waals surface area (Å²) in [5.41, 5.74) is 2.56. The molecule has 0 fully saturated rings. The minimum absolute atomic E-state index is 0.0478. The smallest absolute Gasteiger partial charge is 0.251 e. The fourth-order valence-electron chi connectivity index (χ4n) is 2.09. The number of hydrogen-bond acceptors (Lipinski definition) is 3. The number of hydrogen-bond donors (Lipinski definition) is 1. The summed E-state index contributed by atoms with van der Waals surface area (Å²) in [5.74, 6) is 0.319. The number of nitrogens with one attached hydrogen (secondary N) is 1. The maximum Gasteiger partial charge on any atom is 0.251 e. The molecule has 5 heteroatoms. The van der Waals surface area contributed by atoms with E-state index in [1.54, 1.807) is 17.4 Å². The molecule has 1 amide bonds. The van der Waals surface area contributed by atoms with Crippen LogP contribution < -0.4 is 5.32 Å². The van der Waals surface area contributed by atoms with E-state index in [-0.39, 0.29) is 11.9 Å². The van der Waals surface area contributed by atoms with E-state index in [0.717, 1.165) is 21.1 Å². The summed E-state index contributed by atoms with van der Waals surface area (Å²) in [6, 6.07) is 7.32. The monoisotopic (exact) mass is 308 g/mol. The van der Waals surface area contributed by atoms with Crippen LogP contribution in [0.2, 0.25) is 0 Å². The number of carbonyl (C=O) groups is 1. The quantitative estimate of drug-likeness (QED) is 0.868. The van der Waals surface area contributed by atoms with Crippen LogP contribution in [0.3, 0.4) is 0 Å². The fourth-order valence-corrected chi connectivity index (χ4v) is 3.19. The highest BCUT2D eigenvalue weighted by Crippen LogP contribution is 2.24. The third kappa shape index (κ3) is 3.38. The van der Waals surface area contributed by atoms with Gasteiger partial charge in [-0.3, -0.25) is 4.79 Å². The lowest BCUT2D eigenvalue weighted by Crippen LogP contribution is -2.26. The molecule has 0 aliphatic rings. The fraction of sp³-hybridized carbons (Fsp3) is 0.333. The molecule has 1 unspecified atom stereocenters. The van der Waals surface area contributed by atoms with Crippen LogP contribution >= 0.6 is 22.9 Å². The number of aromatic nitrogens is 1. The second kappa shape index (κ2) is 6.37. The molecule has 106 valence electrons. The van der Waals surface area contributed by atoms with Gasteiger partial charge < -0.3 is 5.32 Å². The van der Waals surface area contributed by atoms with E-state index < -0.39 is 0 Å².